The molecule has 0 aromatic carbocycles. The predicted octanol–water partition coefficient (Wildman–Crippen LogP) is 6.30. The van der Waals surface area contributed by atoms with E-state index in [-0.39, 0.29) is 23.4 Å². The van der Waals surface area contributed by atoms with Crippen molar-refractivity contribution in [2.75, 3.05) is 0 Å². The molecule has 0 aromatic heterocycles. The molecule has 1 saturated heterocycles. The molecule has 1 fully saturated rings. The Morgan fingerprint density at radius 3 is 2.24 bits per heavy atom. The van der Waals surface area contributed by atoms with E-state index in [0.29, 0.717) is 5.92 Å². The van der Waals surface area contributed by atoms with Gasteiger partial charge in [-0.1, -0.05) is 60.1 Å². The topological polar surface area (TPSA) is 27.7 Å². The average Bonchev–Trinajstić information content (AvgIpc) is 2.71. The molecule has 0 saturated carbocycles. The highest BCUT2D eigenvalue weighted by Crippen LogP contribution is 2.40. The van der Waals surface area contributed by atoms with Gasteiger partial charge in [0, 0.05) is 0 Å². The van der Waals surface area contributed by atoms with Gasteiger partial charge in [0.2, 0.25) is 0 Å². The molecule has 1 aliphatic rings. The van der Waals surface area contributed by atoms with E-state index in [2.05, 4.69) is 66.8 Å². The van der Waals surface area contributed by atoms with Crippen LogP contribution in [0.5, 0.6) is 0 Å². The van der Waals surface area contributed by atoms with Gasteiger partial charge in [-0.05, 0) is 50.7 Å². The molecule has 0 spiro atoms. The minimum Gasteiger partial charge on any atom is -0.408 e. The molecular formula is C21H42O3Si. The lowest BCUT2D eigenvalue weighted by atomic mass is 10.0. The molecule has 0 N–H and O–H groups in total. The van der Waals surface area contributed by atoms with Gasteiger partial charge in [-0.15, -0.1) is 0 Å². The van der Waals surface area contributed by atoms with Crippen molar-refractivity contribution in [2.45, 2.75) is 117 Å². The molecule has 3 nitrogen and oxygen atoms in total. The third kappa shape index (κ3) is 6.82. The fourth-order valence-electron chi connectivity index (χ4n) is 2.87. The molecule has 148 valence electrons. The third-order valence-electron chi connectivity index (χ3n) is 5.29. The van der Waals surface area contributed by atoms with Crippen molar-refractivity contribution in [3.63, 3.8) is 0 Å². The van der Waals surface area contributed by atoms with Crippen LogP contribution in [0.2, 0.25) is 18.1 Å². The first-order valence-corrected chi connectivity index (χ1v) is 12.9. The molecule has 4 heteroatoms. The lowest BCUT2D eigenvalue weighted by molar-refractivity contribution is -0.152. The van der Waals surface area contributed by atoms with Crippen LogP contribution in [0.1, 0.15) is 74.7 Å². The quantitative estimate of drug-likeness (QED) is 0.371. The van der Waals surface area contributed by atoms with E-state index in [0.717, 1.165) is 19.3 Å². The second-order valence-corrected chi connectivity index (χ2v) is 14.6. The van der Waals surface area contributed by atoms with Crippen LogP contribution >= 0.6 is 0 Å². The van der Waals surface area contributed by atoms with Gasteiger partial charge >= 0.3 is 0 Å². The molecule has 0 amide bonds. The van der Waals surface area contributed by atoms with Crippen molar-refractivity contribution in [2.24, 2.45) is 5.92 Å². The molecule has 0 aliphatic carbocycles. The number of rotatable bonds is 8. The highest BCUT2D eigenvalue weighted by Gasteiger charge is 2.47. The Kier molecular flexibility index (Phi) is 7.95. The normalized spacial score (nSPS) is 25.9. The van der Waals surface area contributed by atoms with Crippen molar-refractivity contribution in [1.82, 2.24) is 0 Å². The van der Waals surface area contributed by atoms with E-state index in [1.165, 1.54) is 0 Å². The summed E-state index contributed by atoms with van der Waals surface area (Å²) in [5, 5.41) is 0.173. The number of allylic oxidation sites excluding steroid dienone is 1. The van der Waals surface area contributed by atoms with E-state index in [9.17, 15) is 0 Å². The molecule has 0 bridgehead atoms. The first kappa shape index (κ1) is 22.9. The summed E-state index contributed by atoms with van der Waals surface area (Å²) in [6.45, 7) is 22.2. The van der Waals surface area contributed by atoms with Crippen molar-refractivity contribution in [3.8, 4) is 0 Å². The lowest BCUT2D eigenvalue weighted by Crippen LogP contribution is -2.48. The minimum absolute atomic E-state index is 0.0347. The SMILES string of the molecule is CCC[C@@H]1OC(C)(C)O[C@@H]1C(/C=C\CC(C)C)O[Si](C)(C)C(C)(C)C. The first-order valence-electron chi connectivity index (χ1n) is 9.99. The van der Waals surface area contributed by atoms with Gasteiger partial charge in [0.1, 0.15) is 6.10 Å². The lowest BCUT2D eigenvalue weighted by Gasteiger charge is -2.40. The van der Waals surface area contributed by atoms with Crippen molar-refractivity contribution in [3.05, 3.63) is 12.2 Å². The Bertz CT molecular complexity index is 435. The fraction of sp³-hybridized carbons (Fsp3) is 0.905. The Labute approximate surface area is 157 Å². The zero-order valence-corrected chi connectivity index (χ0v) is 19.3. The predicted molar refractivity (Wildman–Crippen MR) is 109 cm³/mol. The van der Waals surface area contributed by atoms with E-state index in [4.69, 9.17) is 13.9 Å². The molecule has 0 radical (unpaired) electrons. The fourth-order valence-corrected chi connectivity index (χ4v) is 4.11. The molecule has 1 heterocycles. The van der Waals surface area contributed by atoms with Gasteiger partial charge in [0.25, 0.3) is 0 Å². The van der Waals surface area contributed by atoms with Crippen LogP contribution in [0.3, 0.4) is 0 Å². The summed E-state index contributed by atoms with van der Waals surface area (Å²) in [6, 6.07) is 0. The minimum atomic E-state index is -1.90. The van der Waals surface area contributed by atoms with Gasteiger partial charge < -0.3 is 13.9 Å². The Morgan fingerprint density at radius 1 is 1.16 bits per heavy atom. The summed E-state index contributed by atoms with van der Waals surface area (Å²) < 4.78 is 19.3. The Morgan fingerprint density at radius 2 is 1.76 bits per heavy atom. The highest BCUT2D eigenvalue weighted by atomic mass is 28.4. The van der Waals surface area contributed by atoms with Crippen LogP contribution in [0.4, 0.5) is 0 Å². The molecule has 1 rings (SSSR count). The highest BCUT2D eigenvalue weighted by molar-refractivity contribution is 6.74. The standard InChI is InChI=1S/C21H42O3Si/c1-11-13-17-19(23-21(7,8)22-17)18(15-12-14-16(2)3)24-25(9,10)20(4,5)6/h12,15-19H,11,13-14H2,1-10H3/b15-12-/t17-,18?,19-/m0/s1. The molecule has 0 aromatic rings. The van der Waals surface area contributed by atoms with Crippen molar-refractivity contribution >= 4 is 8.32 Å². The largest absolute Gasteiger partial charge is 0.408 e. The average molecular weight is 371 g/mol. The van der Waals surface area contributed by atoms with Crippen LogP contribution in [0.25, 0.3) is 0 Å². The number of hydrogen-bond donors (Lipinski definition) is 0. The first-order chi connectivity index (χ1) is 11.3. The van der Waals surface area contributed by atoms with Gasteiger partial charge in [-0.3, -0.25) is 0 Å². The van der Waals surface area contributed by atoms with Crippen LogP contribution < -0.4 is 0 Å². The van der Waals surface area contributed by atoms with Crippen molar-refractivity contribution < 1.29 is 13.9 Å². The summed E-state index contributed by atoms with van der Waals surface area (Å²) in [7, 11) is -1.90. The molecule has 3 atom stereocenters. The van der Waals surface area contributed by atoms with Crippen LogP contribution in [0.15, 0.2) is 12.2 Å². The Balaban J connectivity index is 3.06. The monoisotopic (exact) mass is 370 g/mol. The van der Waals surface area contributed by atoms with Gasteiger partial charge in [-0.25, -0.2) is 0 Å². The summed E-state index contributed by atoms with van der Waals surface area (Å²) in [5.41, 5.74) is 0. The van der Waals surface area contributed by atoms with Crippen LogP contribution in [-0.4, -0.2) is 32.4 Å². The summed E-state index contributed by atoms with van der Waals surface area (Å²) >= 11 is 0. The summed E-state index contributed by atoms with van der Waals surface area (Å²) in [6.07, 6.45) is 7.67. The van der Waals surface area contributed by atoms with E-state index < -0.39 is 14.1 Å². The molecule has 1 aliphatic heterocycles. The maximum absolute atomic E-state index is 6.79. The second kappa shape index (κ2) is 8.68. The van der Waals surface area contributed by atoms with Crippen LogP contribution in [-0.2, 0) is 13.9 Å². The molecule has 25 heavy (non-hydrogen) atoms. The maximum Gasteiger partial charge on any atom is 0.193 e. The van der Waals surface area contributed by atoms with E-state index >= 15 is 0 Å². The van der Waals surface area contributed by atoms with Crippen molar-refractivity contribution in [1.29, 1.82) is 0 Å². The van der Waals surface area contributed by atoms with E-state index in [1.807, 2.05) is 13.8 Å². The maximum atomic E-state index is 6.79. The Hall–Kier alpha value is -0.163. The number of ether oxygens (including phenoxy) is 2. The zero-order valence-electron chi connectivity index (χ0n) is 18.3. The van der Waals surface area contributed by atoms with Gasteiger partial charge in [-0.2, -0.15) is 0 Å². The molecular weight excluding hydrogens is 328 g/mol. The zero-order chi connectivity index (χ0) is 19.5. The van der Waals surface area contributed by atoms with Crippen LogP contribution in [0, 0.1) is 5.92 Å². The van der Waals surface area contributed by atoms with Gasteiger partial charge in [0.05, 0.1) is 12.2 Å². The van der Waals surface area contributed by atoms with Gasteiger partial charge in [0.15, 0.2) is 14.1 Å². The second-order valence-electron chi connectivity index (χ2n) is 9.83. The van der Waals surface area contributed by atoms with E-state index in [1.54, 1.807) is 0 Å². The smallest absolute Gasteiger partial charge is 0.193 e. The summed E-state index contributed by atoms with van der Waals surface area (Å²) in [5.74, 6) is 0.110. The summed E-state index contributed by atoms with van der Waals surface area (Å²) in [4.78, 5) is 0. The third-order valence-corrected chi connectivity index (χ3v) is 9.76. The molecule has 1 unspecified atom stereocenters. The number of hydrogen-bond acceptors (Lipinski definition) is 3.